The fourth-order valence-electron chi connectivity index (χ4n) is 2.40. The van der Waals surface area contributed by atoms with Crippen LogP contribution >= 0.6 is 0 Å². The third kappa shape index (κ3) is 1.41. The lowest BCUT2D eigenvalue weighted by Gasteiger charge is -2.12. The number of nitrogens with zero attached hydrogens (tertiary/aromatic N) is 3. The van der Waals surface area contributed by atoms with E-state index in [1.165, 1.54) is 0 Å². The van der Waals surface area contributed by atoms with Crippen molar-refractivity contribution in [1.29, 1.82) is 0 Å². The second-order valence-electron chi connectivity index (χ2n) is 4.35. The number of aryl methyl sites for hydroxylation is 1. The molecule has 3 rings (SSSR count). The minimum atomic E-state index is -0.273. The Hall–Kier alpha value is -1.42. The molecule has 16 heavy (non-hydrogen) atoms. The normalized spacial score (nSPS) is 25.4. The first kappa shape index (κ1) is 9.78. The largest absolute Gasteiger partial charge is 0.393 e. The molecule has 1 N–H and O–H groups in total. The van der Waals surface area contributed by atoms with E-state index in [9.17, 15) is 5.11 Å². The summed E-state index contributed by atoms with van der Waals surface area (Å²) in [6, 6.07) is 2.39. The van der Waals surface area contributed by atoms with Crippen molar-refractivity contribution in [3.63, 3.8) is 0 Å². The third-order valence-electron chi connectivity index (χ3n) is 3.30. The van der Waals surface area contributed by atoms with Crippen LogP contribution in [-0.4, -0.2) is 25.7 Å². The standard InChI is InChI=1S/C12H14N3O/c1-8-11-4-5-15(12(11)14-7-13-8)9-2-3-10(16)6-9/h3-5,7,9-10,16H,2,6H2,1H3/t9-,10+/m1/s1. The fraction of sp³-hybridized carbons (Fsp3) is 0.417. The van der Waals surface area contributed by atoms with Gasteiger partial charge in [-0.05, 0) is 32.3 Å². The molecule has 0 aromatic carbocycles. The van der Waals surface area contributed by atoms with E-state index in [0.717, 1.165) is 29.6 Å². The summed E-state index contributed by atoms with van der Waals surface area (Å²) in [5.41, 5.74) is 1.98. The minimum absolute atomic E-state index is 0.273. The molecule has 1 fully saturated rings. The molecule has 83 valence electrons. The van der Waals surface area contributed by atoms with Gasteiger partial charge in [0.1, 0.15) is 12.0 Å². The van der Waals surface area contributed by atoms with Crippen LogP contribution in [-0.2, 0) is 0 Å². The number of hydrogen-bond donors (Lipinski definition) is 1. The molecule has 0 bridgehead atoms. The van der Waals surface area contributed by atoms with E-state index in [1.807, 2.05) is 19.5 Å². The minimum Gasteiger partial charge on any atom is -0.393 e. The number of aromatic nitrogens is 3. The van der Waals surface area contributed by atoms with Crippen molar-refractivity contribution >= 4 is 11.0 Å². The summed E-state index contributed by atoms with van der Waals surface area (Å²) in [6.07, 6.45) is 7.03. The zero-order chi connectivity index (χ0) is 11.1. The van der Waals surface area contributed by atoms with Crippen molar-refractivity contribution in [3.05, 3.63) is 30.7 Å². The molecule has 0 aliphatic heterocycles. The highest BCUT2D eigenvalue weighted by molar-refractivity contribution is 5.78. The Bertz CT molecular complexity index is 520. The first-order valence-corrected chi connectivity index (χ1v) is 5.55. The second kappa shape index (κ2) is 3.56. The molecule has 4 heteroatoms. The van der Waals surface area contributed by atoms with Gasteiger partial charge in [-0.3, -0.25) is 0 Å². The smallest absolute Gasteiger partial charge is 0.143 e. The van der Waals surface area contributed by atoms with E-state index in [0.29, 0.717) is 6.04 Å². The van der Waals surface area contributed by atoms with E-state index in [1.54, 1.807) is 6.33 Å². The second-order valence-corrected chi connectivity index (χ2v) is 4.35. The van der Waals surface area contributed by atoms with Gasteiger partial charge < -0.3 is 9.67 Å². The highest BCUT2D eigenvalue weighted by atomic mass is 16.3. The van der Waals surface area contributed by atoms with E-state index in [-0.39, 0.29) is 6.10 Å². The van der Waals surface area contributed by atoms with Crippen LogP contribution in [0, 0.1) is 13.3 Å². The molecule has 0 unspecified atom stereocenters. The molecule has 2 aromatic heterocycles. The van der Waals surface area contributed by atoms with Crippen LogP contribution in [0.4, 0.5) is 0 Å². The summed E-state index contributed by atoms with van der Waals surface area (Å²) in [6.45, 7) is 1.99. The Labute approximate surface area is 93.9 Å². The van der Waals surface area contributed by atoms with Crippen LogP contribution in [0.2, 0.25) is 0 Å². The van der Waals surface area contributed by atoms with Gasteiger partial charge in [-0.2, -0.15) is 0 Å². The first-order chi connectivity index (χ1) is 7.75. The van der Waals surface area contributed by atoms with Gasteiger partial charge in [0.05, 0.1) is 11.8 Å². The van der Waals surface area contributed by atoms with E-state index >= 15 is 0 Å². The molecular formula is C12H14N3O. The predicted molar refractivity (Wildman–Crippen MR) is 60.8 cm³/mol. The van der Waals surface area contributed by atoms with Crippen LogP contribution < -0.4 is 0 Å². The number of fused-ring (bicyclic) bond motifs is 1. The van der Waals surface area contributed by atoms with Gasteiger partial charge in [0.25, 0.3) is 0 Å². The Morgan fingerprint density at radius 2 is 2.31 bits per heavy atom. The Balaban J connectivity index is 2.08. The third-order valence-corrected chi connectivity index (χ3v) is 3.30. The van der Waals surface area contributed by atoms with Crippen molar-refractivity contribution in [2.24, 2.45) is 0 Å². The van der Waals surface area contributed by atoms with Crippen LogP contribution in [0.25, 0.3) is 11.0 Å². The molecule has 0 amide bonds. The summed E-state index contributed by atoms with van der Waals surface area (Å²) < 4.78 is 2.15. The monoisotopic (exact) mass is 216 g/mol. The number of aliphatic hydroxyl groups excluding tert-OH is 1. The maximum Gasteiger partial charge on any atom is 0.143 e. The molecular weight excluding hydrogens is 202 g/mol. The lowest BCUT2D eigenvalue weighted by molar-refractivity contribution is 0.206. The van der Waals surface area contributed by atoms with E-state index in [4.69, 9.17) is 0 Å². The Morgan fingerprint density at radius 1 is 1.44 bits per heavy atom. The maximum atomic E-state index is 9.52. The zero-order valence-corrected chi connectivity index (χ0v) is 9.17. The van der Waals surface area contributed by atoms with Gasteiger partial charge in [0.2, 0.25) is 0 Å². The molecule has 0 spiro atoms. The molecule has 2 heterocycles. The molecule has 0 saturated heterocycles. The van der Waals surface area contributed by atoms with Crippen LogP contribution in [0.5, 0.6) is 0 Å². The topological polar surface area (TPSA) is 50.9 Å². The SMILES string of the molecule is Cc1ncnc2c1ccn2[C@@H]1C[CH][C@H](O)C1. The molecule has 1 aliphatic carbocycles. The average molecular weight is 216 g/mol. The summed E-state index contributed by atoms with van der Waals surface area (Å²) in [7, 11) is 0. The van der Waals surface area contributed by atoms with E-state index < -0.39 is 0 Å². The van der Waals surface area contributed by atoms with Crippen LogP contribution in [0.15, 0.2) is 18.6 Å². The molecule has 1 radical (unpaired) electrons. The van der Waals surface area contributed by atoms with Gasteiger partial charge in [-0.1, -0.05) is 0 Å². The van der Waals surface area contributed by atoms with Gasteiger partial charge in [0.15, 0.2) is 0 Å². The van der Waals surface area contributed by atoms with Gasteiger partial charge in [-0.25, -0.2) is 9.97 Å². The van der Waals surface area contributed by atoms with Crippen molar-refractivity contribution in [3.8, 4) is 0 Å². The van der Waals surface area contributed by atoms with Gasteiger partial charge >= 0.3 is 0 Å². The fourth-order valence-corrected chi connectivity index (χ4v) is 2.40. The zero-order valence-electron chi connectivity index (χ0n) is 9.17. The van der Waals surface area contributed by atoms with Gasteiger partial charge in [0, 0.05) is 17.6 Å². The molecule has 2 aromatic rings. The summed E-state index contributed by atoms with van der Waals surface area (Å²) >= 11 is 0. The molecule has 2 atom stereocenters. The predicted octanol–water partition coefficient (Wildman–Crippen LogP) is 1.64. The molecule has 1 aliphatic rings. The van der Waals surface area contributed by atoms with Crippen molar-refractivity contribution in [2.75, 3.05) is 0 Å². The first-order valence-electron chi connectivity index (χ1n) is 5.55. The Morgan fingerprint density at radius 3 is 3.06 bits per heavy atom. The van der Waals surface area contributed by atoms with Crippen molar-refractivity contribution in [2.45, 2.75) is 31.9 Å². The highest BCUT2D eigenvalue weighted by Crippen LogP contribution is 2.32. The van der Waals surface area contributed by atoms with Crippen molar-refractivity contribution < 1.29 is 5.11 Å². The number of hydrogen-bond acceptors (Lipinski definition) is 3. The average Bonchev–Trinajstić information content (AvgIpc) is 2.84. The lowest BCUT2D eigenvalue weighted by atomic mass is 10.2. The summed E-state index contributed by atoms with van der Waals surface area (Å²) in [4.78, 5) is 8.51. The van der Waals surface area contributed by atoms with Crippen LogP contribution in [0.3, 0.4) is 0 Å². The molecule has 4 nitrogen and oxygen atoms in total. The quantitative estimate of drug-likeness (QED) is 0.788. The highest BCUT2D eigenvalue weighted by Gasteiger charge is 2.25. The molecule has 1 saturated carbocycles. The van der Waals surface area contributed by atoms with E-state index in [2.05, 4.69) is 20.6 Å². The van der Waals surface area contributed by atoms with Gasteiger partial charge in [-0.15, -0.1) is 0 Å². The Kier molecular flexibility index (Phi) is 2.17. The number of aliphatic hydroxyl groups is 1. The van der Waals surface area contributed by atoms with Crippen LogP contribution in [0.1, 0.15) is 24.6 Å². The number of rotatable bonds is 1. The summed E-state index contributed by atoms with van der Waals surface area (Å²) in [5, 5.41) is 10.6. The van der Waals surface area contributed by atoms with Crippen molar-refractivity contribution in [1.82, 2.24) is 14.5 Å². The summed E-state index contributed by atoms with van der Waals surface area (Å²) in [5.74, 6) is 0. The lowest BCUT2D eigenvalue weighted by Crippen LogP contribution is -2.06. The maximum absolute atomic E-state index is 9.52.